The van der Waals surface area contributed by atoms with Gasteiger partial charge < -0.3 is 20.3 Å². The molecule has 0 aliphatic carbocycles. The van der Waals surface area contributed by atoms with Crippen LogP contribution in [0.2, 0.25) is 0 Å². The Balaban J connectivity index is 1.46. The van der Waals surface area contributed by atoms with Crippen molar-refractivity contribution in [2.24, 2.45) is 0 Å². The van der Waals surface area contributed by atoms with E-state index < -0.39 is 0 Å². The van der Waals surface area contributed by atoms with Gasteiger partial charge in [-0.05, 0) is 39.7 Å². The standard InChI is InChI=1S/C19H26N6O3S/c1-4-28-19(27)25-7-5-14(6-8-25)22-16(26)10-15-11-29-18(23-15)24-17-20-12(2)9-13(3)21-17/h9,11,14H,4-8,10H2,1-3H3,(H,22,26)(H,20,21,23,24). The molecule has 2 aromatic heterocycles. The topological polar surface area (TPSA) is 109 Å². The zero-order chi connectivity index (χ0) is 20.8. The number of anilines is 2. The van der Waals surface area contributed by atoms with Gasteiger partial charge in [-0.15, -0.1) is 11.3 Å². The van der Waals surface area contributed by atoms with Crippen LogP contribution in [-0.2, 0) is 16.0 Å². The molecule has 0 saturated carbocycles. The maximum atomic E-state index is 12.4. The summed E-state index contributed by atoms with van der Waals surface area (Å²) in [7, 11) is 0. The Morgan fingerprint density at radius 2 is 1.90 bits per heavy atom. The lowest BCUT2D eigenvalue weighted by atomic mass is 10.1. The Morgan fingerprint density at radius 1 is 1.21 bits per heavy atom. The first kappa shape index (κ1) is 21.0. The summed E-state index contributed by atoms with van der Waals surface area (Å²) in [5.41, 5.74) is 2.46. The fraction of sp³-hybridized carbons (Fsp3) is 0.526. The van der Waals surface area contributed by atoms with E-state index in [2.05, 4.69) is 25.6 Å². The second-order valence-electron chi connectivity index (χ2n) is 6.95. The summed E-state index contributed by atoms with van der Waals surface area (Å²) in [6.45, 7) is 7.16. The Morgan fingerprint density at radius 3 is 2.55 bits per heavy atom. The lowest BCUT2D eigenvalue weighted by Gasteiger charge is -2.31. The van der Waals surface area contributed by atoms with Gasteiger partial charge in [0.1, 0.15) is 0 Å². The molecule has 0 atom stereocenters. The molecule has 29 heavy (non-hydrogen) atoms. The van der Waals surface area contributed by atoms with Crippen molar-refractivity contribution >= 4 is 34.4 Å². The molecule has 3 heterocycles. The average Bonchev–Trinajstić information content (AvgIpc) is 3.08. The van der Waals surface area contributed by atoms with Gasteiger partial charge in [0, 0.05) is 35.9 Å². The lowest BCUT2D eigenvalue weighted by Crippen LogP contribution is -2.47. The van der Waals surface area contributed by atoms with Gasteiger partial charge >= 0.3 is 6.09 Å². The highest BCUT2D eigenvalue weighted by atomic mass is 32.1. The lowest BCUT2D eigenvalue weighted by molar-refractivity contribution is -0.121. The minimum absolute atomic E-state index is 0.0630. The SMILES string of the molecule is CCOC(=O)N1CCC(NC(=O)Cc2csc(Nc3nc(C)cc(C)n3)n2)CC1. The zero-order valence-corrected chi connectivity index (χ0v) is 17.7. The van der Waals surface area contributed by atoms with Crippen LogP contribution in [0.3, 0.4) is 0 Å². The third-order valence-corrected chi connectivity index (χ3v) is 5.29. The molecule has 1 aliphatic rings. The number of ether oxygens (including phenoxy) is 1. The van der Waals surface area contributed by atoms with Gasteiger partial charge in [-0.3, -0.25) is 4.79 Å². The van der Waals surface area contributed by atoms with Crippen LogP contribution in [-0.4, -0.2) is 57.6 Å². The number of amides is 2. The number of aryl methyl sites for hydroxylation is 2. The number of rotatable bonds is 6. The Bertz CT molecular complexity index is 843. The van der Waals surface area contributed by atoms with E-state index in [4.69, 9.17) is 4.74 Å². The van der Waals surface area contributed by atoms with Crippen molar-refractivity contribution in [2.75, 3.05) is 25.0 Å². The normalized spacial score (nSPS) is 14.5. The number of hydrogen-bond donors (Lipinski definition) is 2. The number of nitrogens with one attached hydrogen (secondary N) is 2. The summed E-state index contributed by atoms with van der Waals surface area (Å²) in [6, 6.07) is 1.97. The van der Waals surface area contributed by atoms with E-state index in [1.54, 1.807) is 11.8 Å². The Hall–Kier alpha value is -2.75. The van der Waals surface area contributed by atoms with E-state index in [0.717, 1.165) is 24.2 Å². The highest BCUT2D eigenvalue weighted by Crippen LogP contribution is 2.20. The predicted octanol–water partition coefficient (Wildman–Crippen LogP) is 2.57. The van der Waals surface area contributed by atoms with Crippen LogP contribution in [0, 0.1) is 13.8 Å². The van der Waals surface area contributed by atoms with Crippen molar-refractivity contribution in [3.63, 3.8) is 0 Å². The number of piperidine rings is 1. The van der Waals surface area contributed by atoms with E-state index in [9.17, 15) is 9.59 Å². The smallest absolute Gasteiger partial charge is 0.409 e. The summed E-state index contributed by atoms with van der Waals surface area (Å²) >= 11 is 1.41. The first-order valence-corrected chi connectivity index (χ1v) is 10.6. The molecule has 9 nitrogen and oxygen atoms in total. The number of aromatic nitrogens is 3. The van der Waals surface area contributed by atoms with Gasteiger partial charge in [0.25, 0.3) is 0 Å². The number of nitrogens with zero attached hydrogens (tertiary/aromatic N) is 4. The molecule has 156 valence electrons. The number of carbonyl (C=O) groups is 2. The van der Waals surface area contributed by atoms with Crippen LogP contribution in [0.4, 0.5) is 15.9 Å². The quantitative estimate of drug-likeness (QED) is 0.742. The number of likely N-dealkylation sites (tertiary alicyclic amines) is 1. The number of hydrogen-bond acceptors (Lipinski definition) is 8. The molecule has 2 N–H and O–H groups in total. The van der Waals surface area contributed by atoms with Gasteiger partial charge in [-0.1, -0.05) is 0 Å². The summed E-state index contributed by atoms with van der Waals surface area (Å²) in [4.78, 5) is 38.9. The maximum Gasteiger partial charge on any atom is 0.409 e. The van der Waals surface area contributed by atoms with Crippen molar-refractivity contribution in [2.45, 2.75) is 46.1 Å². The van der Waals surface area contributed by atoms with Crippen molar-refractivity contribution in [3.05, 3.63) is 28.5 Å². The van der Waals surface area contributed by atoms with E-state index in [0.29, 0.717) is 36.5 Å². The Kier molecular flexibility index (Phi) is 6.97. The molecule has 0 aromatic carbocycles. The highest BCUT2D eigenvalue weighted by Gasteiger charge is 2.24. The molecule has 0 radical (unpaired) electrons. The summed E-state index contributed by atoms with van der Waals surface area (Å²) in [6.07, 6.45) is 1.37. The molecule has 1 fully saturated rings. The van der Waals surface area contributed by atoms with Crippen molar-refractivity contribution in [3.8, 4) is 0 Å². The van der Waals surface area contributed by atoms with Crippen LogP contribution in [0.5, 0.6) is 0 Å². The monoisotopic (exact) mass is 418 g/mol. The van der Waals surface area contributed by atoms with Crippen molar-refractivity contribution in [1.29, 1.82) is 0 Å². The summed E-state index contributed by atoms with van der Waals surface area (Å²) in [5.74, 6) is 0.431. The third-order valence-electron chi connectivity index (χ3n) is 4.48. The molecule has 10 heteroatoms. The largest absolute Gasteiger partial charge is 0.450 e. The minimum atomic E-state index is -0.285. The van der Waals surface area contributed by atoms with Gasteiger partial charge in [-0.25, -0.2) is 19.7 Å². The molecule has 2 amide bonds. The van der Waals surface area contributed by atoms with Crippen molar-refractivity contribution in [1.82, 2.24) is 25.2 Å². The second-order valence-corrected chi connectivity index (χ2v) is 7.81. The molecule has 1 saturated heterocycles. The number of thiazole rings is 1. The maximum absolute atomic E-state index is 12.4. The molecule has 0 spiro atoms. The van der Waals surface area contributed by atoms with Crippen LogP contribution >= 0.6 is 11.3 Å². The van der Waals surface area contributed by atoms with Gasteiger partial charge in [0.05, 0.1) is 18.7 Å². The second kappa shape index (κ2) is 9.64. The van der Waals surface area contributed by atoms with E-state index in [-0.39, 0.29) is 24.5 Å². The minimum Gasteiger partial charge on any atom is -0.450 e. The fourth-order valence-corrected chi connectivity index (χ4v) is 3.89. The first-order valence-electron chi connectivity index (χ1n) is 9.67. The van der Waals surface area contributed by atoms with E-state index in [1.165, 1.54) is 11.3 Å². The van der Waals surface area contributed by atoms with Gasteiger partial charge in [0.15, 0.2) is 5.13 Å². The molecule has 3 rings (SSSR count). The van der Waals surface area contributed by atoms with Crippen molar-refractivity contribution < 1.29 is 14.3 Å². The van der Waals surface area contributed by atoms with Crippen LogP contribution in [0.1, 0.15) is 36.8 Å². The predicted molar refractivity (Wildman–Crippen MR) is 110 cm³/mol. The average molecular weight is 419 g/mol. The molecule has 0 bridgehead atoms. The molecule has 1 aliphatic heterocycles. The highest BCUT2D eigenvalue weighted by molar-refractivity contribution is 7.13. The van der Waals surface area contributed by atoms with E-state index in [1.807, 2.05) is 25.3 Å². The molecular formula is C19H26N6O3S. The Labute approximate surface area is 173 Å². The molecule has 2 aromatic rings. The summed E-state index contributed by atoms with van der Waals surface area (Å²) in [5, 5.41) is 8.63. The zero-order valence-electron chi connectivity index (χ0n) is 16.9. The van der Waals surface area contributed by atoms with Crippen LogP contribution in [0.15, 0.2) is 11.4 Å². The molecule has 0 unspecified atom stereocenters. The fourth-order valence-electron chi connectivity index (χ4n) is 3.19. The van der Waals surface area contributed by atoms with Crippen LogP contribution < -0.4 is 10.6 Å². The van der Waals surface area contributed by atoms with Crippen LogP contribution in [0.25, 0.3) is 0 Å². The first-order chi connectivity index (χ1) is 13.9. The molecular weight excluding hydrogens is 392 g/mol. The number of carbonyl (C=O) groups excluding carboxylic acids is 2. The van der Waals surface area contributed by atoms with Gasteiger partial charge in [0.2, 0.25) is 11.9 Å². The summed E-state index contributed by atoms with van der Waals surface area (Å²) < 4.78 is 5.01. The third kappa shape index (κ3) is 6.11. The van der Waals surface area contributed by atoms with Gasteiger partial charge in [-0.2, -0.15) is 0 Å². The van der Waals surface area contributed by atoms with E-state index >= 15 is 0 Å².